The zero-order valence-electron chi connectivity index (χ0n) is 6.76. The van der Waals surface area contributed by atoms with Gasteiger partial charge in [-0.2, -0.15) is 0 Å². The van der Waals surface area contributed by atoms with E-state index in [1.54, 1.807) is 0 Å². The number of rotatable bonds is 3. The summed E-state index contributed by atoms with van der Waals surface area (Å²) in [6.45, 7) is 8.48. The smallest absolute Gasteiger partial charge is 0.0960 e. The molecule has 2 heteroatoms. The molecule has 0 heterocycles. The van der Waals surface area contributed by atoms with Gasteiger partial charge in [-0.05, 0) is 27.7 Å². The summed E-state index contributed by atoms with van der Waals surface area (Å²) >= 11 is 0. The van der Waals surface area contributed by atoms with Gasteiger partial charge in [0.25, 0.3) is 0 Å². The molecule has 0 radical (unpaired) electrons. The molecular weight excluding hydrogens is 114 g/mol. The van der Waals surface area contributed by atoms with Crippen LogP contribution in [0.3, 0.4) is 0 Å². The number of hydrogen-bond acceptors (Lipinski definition) is 2. The van der Waals surface area contributed by atoms with Crippen molar-refractivity contribution in [3.63, 3.8) is 0 Å². The molecule has 0 aromatic heterocycles. The highest BCUT2D eigenvalue weighted by molar-refractivity contribution is 4.62. The van der Waals surface area contributed by atoms with Crippen LogP contribution in [0.5, 0.6) is 0 Å². The SMILES string of the molecule is CC(C)N(CO)C(C)C. The molecule has 0 aliphatic rings. The fourth-order valence-corrected chi connectivity index (χ4v) is 0.923. The highest BCUT2D eigenvalue weighted by atomic mass is 16.3. The van der Waals surface area contributed by atoms with Crippen LogP contribution in [0.15, 0.2) is 0 Å². The molecule has 0 unspecified atom stereocenters. The van der Waals surface area contributed by atoms with Crippen LogP contribution in [0, 0.1) is 0 Å². The molecule has 0 bridgehead atoms. The van der Waals surface area contributed by atoms with E-state index in [4.69, 9.17) is 5.11 Å². The van der Waals surface area contributed by atoms with Crippen LogP contribution >= 0.6 is 0 Å². The maximum atomic E-state index is 8.79. The summed E-state index contributed by atoms with van der Waals surface area (Å²) in [6, 6.07) is 0.880. The maximum Gasteiger partial charge on any atom is 0.0960 e. The fraction of sp³-hybridized carbons (Fsp3) is 1.00. The maximum absolute atomic E-state index is 8.79. The first-order valence-electron chi connectivity index (χ1n) is 3.46. The molecule has 0 saturated carbocycles. The first-order chi connectivity index (χ1) is 4.09. The largest absolute Gasteiger partial charge is 0.381 e. The summed E-state index contributed by atoms with van der Waals surface area (Å²) in [4.78, 5) is 2.01. The predicted octanol–water partition coefficient (Wildman–Crippen LogP) is 1.05. The van der Waals surface area contributed by atoms with E-state index in [0.717, 1.165) is 0 Å². The topological polar surface area (TPSA) is 23.5 Å². The molecule has 56 valence electrons. The molecule has 0 atom stereocenters. The van der Waals surface area contributed by atoms with Crippen LogP contribution in [0.2, 0.25) is 0 Å². The minimum absolute atomic E-state index is 0.162. The molecule has 2 nitrogen and oxygen atoms in total. The third-order valence-corrected chi connectivity index (χ3v) is 1.49. The zero-order valence-corrected chi connectivity index (χ0v) is 6.76. The molecule has 0 fully saturated rings. The molecule has 0 aliphatic carbocycles. The average Bonchev–Trinajstić information content (AvgIpc) is 1.64. The van der Waals surface area contributed by atoms with E-state index >= 15 is 0 Å². The Morgan fingerprint density at radius 1 is 1.11 bits per heavy atom. The molecule has 0 amide bonds. The number of nitrogens with zero attached hydrogens (tertiary/aromatic N) is 1. The van der Waals surface area contributed by atoms with Gasteiger partial charge in [0.15, 0.2) is 0 Å². The van der Waals surface area contributed by atoms with Gasteiger partial charge in [0.05, 0.1) is 6.73 Å². The van der Waals surface area contributed by atoms with E-state index in [1.165, 1.54) is 0 Å². The van der Waals surface area contributed by atoms with Crippen LogP contribution in [0.1, 0.15) is 27.7 Å². The highest BCUT2D eigenvalue weighted by Gasteiger charge is 2.10. The lowest BCUT2D eigenvalue weighted by Crippen LogP contribution is -2.37. The third kappa shape index (κ3) is 2.82. The Kier molecular flexibility index (Phi) is 3.82. The van der Waals surface area contributed by atoms with E-state index in [1.807, 2.05) is 4.90 Å². The van der Waals surface area contributed by atoms with E-state index in [0.29, 0.717) is 12.1 Å². The summed E-state index contributed by atoms with van der Waals surface area (Å²) in [5.74, 6) is 0. The predicted molar refractivity (Wildman–Crippen MR) is 39.2 cm³/mol. The van der Waals surface area contributed by atoms with Crippen LogP contribution in [-0.4, -0.2) is 28.8 Å². The molecule has 0 aromatic carbocycles. The van der Waals surface area contributed by atoms with Gasteiger partial charge >= 0.3 is 0 Å². The van der Waals surface area contributed by atoms with Crippen molar-refractivity contribution in [3.8, 4) is 0 Å². The molecular formula is C7H17NO. The molecule has 1 N–H and O–H groups in total. The average molecular weight is 131 g/mol. The quantitative estimate of drug-likeness (QED) is 0.579. The Hall–Kier alpha value is -0.0800. The first kappa shape index (κ1) is 8.92. The van der Waals surface area contributed by atoms with E-state index in [9.17, 15) is 0 Å². The molecule has 0 saturated heterocycles. The van der Waals surface area contributed by atoms with Gasteiger partial charge in [-0.3, -0.25) is 4.90 Å². The Morgan fingerprint density at radius 3 is 1.44 bits per heavy atom. The Morgan fingerprint density at radius 2 is 1.44 bits per heavy atom. The van der Waals surface area contributed by atoms with Crippen molar-refractivity contribution in [1.29, 1.82) is 0 Å². The van der Waals surface area contributed by atoms with Gasteiger partial charge in [-0.1, -0.05) is 0 Å². The Labute approximate surface area is 57.5 Å². The lowest BCUT2D eigenvalue weighted by Gasteiger charge is -2.27. The summed E-state index contributed by atoms with van der Waals surface area (Å²) in [5, 5.41) is 8.79. The molecule has 0 aliphatic heterocycles. The van der Waals surface area contributed by atoms with Crippen molar-refractivity contribution >= 4 is 0 Å². The third-order valence-electron chi connectivity index (χ3n) is 1.49. The van der Waals surface area contributed by atoms with E-state index < -0.39 is 0 Å². The second-order valence-electron chi connectivity index (χ2n) is 2.84. The second kappa shape index (κ2) is 3.85. The summed E-state index contributed by atoms with van der Waals surface area (Å²) in [5.41, 5.74) is 0. The summed E-state index contributed by atoms with van der Waals surface area (Å²) in [6.07, 6.45) is 0. The van der Waals surface area contributed by atoms with Gasteiger partial charge in [0.1, 0.15) is 0 Å². The standard InChI is InChI=1S/C7H17NO/c1-6(2)8(5-9)7(3)4/h6-7,9H,5H2,1-4H3. The number of hydrogen-bond donors (Lipinski definition) is 1. The van der Waals surface area contributed by atoms with Crippen LogP contribution in [-0.2, 0) is 0 Å². The van der Waals surface area contributed by atoms with Gasteiger partial charge < -0.3 is 5.11 Å². The van der Waals surface area contributed by atoms with Gasteiger partial charge in [-0.15, -0.1) is 0 Å². The monoisotopic (exact) mass is 131 g/mol. The van der Waals surface area contributed by atoms with Gasteiger partial charge in [0, 0.05) is 12.1 Å². The van der Waals surface area contributed by atoms with E-state index in [-0.39, 0.29) is 6.73 Å². The normalized spacial score (nSPS) is 12.0. The minimum Gasteiger partial charge on any atom is -0.381 e. The number of aliphatic hydroxyl groups is 1. The van der Waals surface area contributed by atoms with Crippen molar-refractivity contribution in [3.05, 3.63) is 0 Å². The summed E-state index contributed by atoms with van der Waals surface area (Å²) < 4.78 is 0. The zero-order chi connectivity index (χ0) is 7.44. The molecule has 0 rings (SSSR count). The first-order valence-corrected chi connectivity index (χ1v) is 3.46. The van der Waals surface area contributed by atoms with Crippen LogP contribution in [0.4, 0.5) is 0 Å². The van der Waals surface area contributed by atoms with E-state index in [2.05, 4.69) is 27.7 Å². The Balaban J connectivity index is 3.68. The summed E-state index contributed by atoms with van der Waals surface area (Å²) in [7, 11) is 0. The van der Waals surface area contributed by atoms with Crippen LogP contribution in [0.25, 0.3) is 0 Å². The fourth-order valence-electron chi connectivity index (χ4n) is 0.923. The molecule has 0 spiro atoms. The van der Waals surface area contributed by atoms with Crippen molar-refractivity contribution in [1.82, 2.24) is 4.90 Å². The minimum atomic E-state index is 0.162. The lowest BCUT2D eigenvalue weighted by molar-refractivity contribution is 0.0538. The van der Waals surface area contributed by atoms with Crippen molar-refractivity contribution in [2.75, 3.05) is 6.73 Å². The Bertz CT molecular complexity index is 63.3. The van der Waals surface area contributed by atoms with Crippen molar-refractivity contribution in [2.24, 2.45) is 0 Å². The van der Waals surface area contributed by atoms with Crippen LogP contribution < -0.4 is 0 Å². The number of aliphatic hydroxyl groups excluding tert-OH is 1. The van der Waals surface area contributed by atoms with Gasteiger partial charge in [-0.25, -0.2) is 0 Å². The molecule has 9 heavy (non-hydrogen) atoms. The van der Waals surface area contributed by atoms with Crippen molar-refractivity contribution < 1.29 is 5.11 Å². The molecule has 0 aromatic rings. The highest BCUT2D eigenvalue weighted by Crippen LogP contribution is 2.01. The lowest BCUT2D eigenvalue weighted by atomic mass is 10.2. The second-order valence-corrected chi connectivity index (χ2v) is 2.84. The van der Waals surface area contributed by atoms with Gasteiger partial charge in [0.2, 0.25) is 0 Å². The van der Waals surface area contributed by atoms with Crippen molar-refractivity contribution in [2.45, 2.75) is 39.8 Å².